The molecule has 1 amide bonds. The lowest BCUT2D eigenvalue weighted by atomic mass is 9.95. The molecule has 1 unspecified atom stereocenters. The molecule has 0 spiro atoms. The van der Waals surface area contributed by atoms with E-state index in [0.29, 0.717) is 23.0 Å². The molecule has 37 heavy (non-hydrogen) atoms. The second-order valence-corrected chi connectivity index (χ2v) is 9.66. The molecule has 8 nitrogen and oxygen atoms in total. The van der Waals surface area contributed by atoms with Crippen molar-refractivity contribution in [2.24, 2.45) is 0 Å². The summed E-state index contributed by atoms with van der Waals surface area (Å²) in [5.74, 6) is 0.952. The van der Waals surface area contributed by atoms with Gasteiger partial charge in [-0.15, -0.1) is 5.10 Å². The van der Waals surface area contributed by atoms with Crippen LogP contribution in [0.25, 0.3) is 11.4 Å². The zero-order valence-electron chi connectivity index (χ0n) is 20.9. The fourth-order valence-corrected chi connectivity index (χ4v) is 5.01. The van der Waals surface area contributed by atoms with E-state index in [-0.39, 0.29) is 5.91 Å². The highest BCUT2D eigenvalue weighted by Crippen LogP contribution is 2.37. The molecule has 1 aliphatic heterocycles. The molecule has 9 heteroatoms. The number of hydrogen-bond donors (Lipinski definition) is 2. The molecule has 2 N–H and O–H groups in total. The number of hydrogen-bond acceptors (Lipinski definition) is 6. The summed E-state index contributed by atoms with van der Waals surface area (Å²) in [7, 11) is 0. The number of carbonyl (C=O) groups is 1. The number of carbonyl (C=O) groups excluding carboxylic acids is 1. The molecule has 2 aromatic carbocycles. The number of pyridine rings is 1. The van der Waals surface area contributed by atoms with Gasteiger partial charge in [0.15, 0.2) is 5.82 Å². The van der Waals surface area contributed by atoms with E-state index in [2.05, 4.69) is 62.4 Å². The third kappa shape index (κ3) is 4.99. The summed E-state index contributed by atoms with van der Waals surface area (Å²) in [6, 6.07) is 19.3. The van der Waals surface area contributed by atoms with Crippen molar-refractivity contribution in [3.63, 3.8) is 0 Å². The number of benzene rings is 2. The Kier molecular flexibility index (Phi) is 7.05. The molecule has 0 fully saturated rings. The number of rotatable bonds is 7. The van der Waals surface area contributed by atoms with Crippen LogP contribution in [0.15, 0.2) is 88.8 Å². The summed E-state index contributed by atoms with van der Waals surface area (Å²) in [4.78, 5) is 24.8. The minimum Gasteiger partial charge on any atom is -0.372 e. The quantitative estimate of drug-likeness (QED) is 0.295. The maximum absolute atomic E-state index is 13.6. The molecule has 2 aromatic heterocycles. The maximum Gasteiger partial charge on any atom is 0.255 e. The van der Waals surface area contributed by atoms with Gasteiger partial charge in [0, 0.05) is 40.7 Å². The van der Waals surface area contributed by atoms with Gasteiger partial charge in [0.2, 0.25) is 5.95 Å². The van der Waals surface area contributed by atoms with E-state index in [1.807, 2.05) is 49.4 Å². The molecule has 0 radical (unpaired) electrons. The van der Waals surface area contributed by atoms with Crippen molar-refractivity contribution in [2.45, 2.75) is 26.8 Å². The van der Waals surface area contributed by atoms with Crippen molar-refractivity contribution < 1.29 is 4.79 Å². The molecule has 0 saturated carbocycles. The van der Waals surface area contributed by atoms with Crippen LogP contribution in [0.1, 0.15) is 32.4 Å². The number of amides is 1. The Bertz CT molecular complexity index is 1440. The van der Waals surface area contributed by atoms with Gasteiger partial charge in [0.25, 0.3) is 5.91 Å². The number of aromatic nitrogens is 4. The second kappa shape index (κ2) is 10.6. The predicted octanol–water partition coefficient (Wildman–Crippen LogP) is 5.88. The van der Waals surface area contributed by atoms with Crippen LogP contribution in [0.4, 0.5) is 17.3 Å². The van der Waals surface area contributed by atoms with Crippen LogP contribution in [0.3, 0.4) is 0 Å². The monoisotopic (exact) mass is 557 g/mol. The molecule has 0 bridgehead atoms. The zero-order valence-corrected chi connectivity index (χ0v) is 22.5. The van der Waals surface area contributed by atoms with Gasteiger partial charge in [-0.3, -0.25) is 9.78 Å². The molecular formula is C28H28BrN7O. The van der Waals surface area contributed by atoms with Crippen molar-refractivity contribution >= 4 is 39.2 Å². The first-order chi connectivity index (χ1) is 18.0. The minimum absolute atomic E-state index is 0.228. The summed E-state index contributed by atoms with van der Waals surface area (Å²) in [5, 5.41) is 11.2. The molecule has 3 heterocycles. The topological polar surface area (TPSA) is 88.0 Å². The summed E-state index contributed by atoms with van der Waals surface area (Å²) in [6.07, 6.45) is 3.30. The summed E-state index contributed by atoms with van der Waals surface area (Å²) in [5.41, 5.74) is 4.89. The van der Waals surface area contributed by atoms with Gasteiger partial charge in [-0.2, -0.15) is 4.98 Å². The summed E-state index contributed by atoms with van der Waals surface area (Å²) < 4.78 is 2.71. The highest BCUT2D eigenvalue weighted by molar-refractivity contribution is 9.10. The van der Waals surface area contributed by atoms with E-state index in [4.69, 9.17) is 10.1 Å². The van der Waals surface area contributed by atoms with E-state index < -0.39 is 6.04 Å². The fourth-order valence-electron chi connectivity index (χ4n) is 4.60. The lowest BCUT2D eigenvalue weighted by Gasteiger charge is -2.28. The van der Waals surface area contributed by atoms with Crippen LogP contribution < -0.4 is 15.5 Å². The zero-order chi connectivity index (χ0) is 25.9. The molecule has 4 aromatic rings. The standard InChI is InChI=1S/C28H28BrN7O/c1-4-35(5-2)23-13-11-19(12-14-23)26-33-28-31-18(3)24(27(37)32-22-10-7-15-30-17-22)25(36(28)34-26)20-8-6-9-21(29)16-20/h6-17,25H,4-5H2,1-3H3,(H,32,37)(H,31,33,34). The van der Waals surface area contributed by atoms with Crippen LogP contribution in [0.5, 0.6) is 0 Å². The molecule has 0 saturated heterocycles. The van der Waals surface area contributed by atoms with Crippen LogP contribution in [-0.4, -0.2) is 38.7 Å². The Morgan fingerprint density at radius 1 is 1.11 bits per heavy atom. The Hall–Kier alpha value is -3.98. The Balaban J connectivity index is 1.55. The van der Waals surface area contributed by atoms with Crippen LogP contribution in [0, 0.1) is 0 Å². The Morgan fingerprint density at radius 3 is 2.57 bits per heavy atom. The lowest BCUT2D eigenvalue weighted by Crippen LogP contribution is -2.31. The number of allylic oxidation sites excluding steroid dienone is 1. The number of anilines is 3. The number of halogens is 1. The van der Waals surface area contributed by atoms with Gasteiger partial charge in [-0.1, -0.05) is 28.1 Å². The van der Waals surface area contributed by atoms with Crippen LogP contribution in [0.2, 0.25) is 0 Å². The fraction of sp³-hybridized carbons (Fsp3) is 0.214. The molecule has 188 valence electrons. The summed E-state index contributed by atoms with van der Waals surface area (Å²) in [6.45, 7) is 8.07. The van der Waals surface area contributed by atoms with Crippen molar-refractivity contribution in [3.05, 3.63) is 94.4 Å². The number of fused-ring (bicyclic) bond motifs is 1. The number of nitrogens with zero attached hydrogens (tertiary/aromatic N) is 5. The van der Waals surface area contributed by atoms with E-state index >= 15 is 0 Å². The normalized spacial score (nSPS) is 14.6. The van der Waals surface area contributed by atoms with Gasteiger partial charge in [0.05, 0.1) is 17.5 Å². The average Bonchev–Trinajstić information content (AvgIpc) is 3.33. The third-order valence-electron chi connectivity index (χ3n) is 6.44. The van der Waals surface area contributed by atoms with Gasteiger partial charge in [-0.05, 0) is 74.9 Å². The smallest absolute Gasteiger partial charge is 0.255 e. The van der Waals surface area contributed by atoms with Crippen molar-refractivity contribution in [1.29, 1.82) is 0 Å². The summed E-state index contributed by atoms with van der Waals surface area (Å²) >= 11 is 3.58. The van der Waals surface area contributed by atoms with E-state index in [1.54, 1.807) is 23.1 Å². The second-order valence-electron chi connectivity index (χ2n) is 8.74. The first-order valence-electron chi connectivity index (χ1n) is 12.2. The largest absolute Gasteiger partial charge is 0.372 e. The highest BCUT2D eigenvalue weighted by atomic mass is 79.9. The molecule has 5 rings (SSSR count). The molecule has 0 aliphatic carbocycles. The maximum atomic E-state index is 13.6. The van der Waals surface area contributed by atoms with Gasteiger partial charge >= 0.3 is 0 Å². The van der Waals surface area contributed by atoms with Crippen molar-refractivity contribution in [1.82, 2.24) is 19.7 Å². The van der Waals surface area contributed by atoms with E-state index in [9.17, 15) is 4.79 Å². The predicted molar refractivity (Wildman–Crippen MR) is 150 cm³/mol. The third-order valence-corrected chi connectivity index (χ3v) is 6.93. The van der Waals surface area contributed by atoms with Gasteiger partial charge in [0.1, 0.15) is 6.04 Å². The Morgan fingerprint density at radius 2 is 1.89 bits per heavy atom. The molecule has 1 atom stereocenters. The van der Waals surface area contributed by atoms with E-state index in [0.717, 1.165) is 40.1 Å². The van der Waals surface area contributed by atoms with Crippen LogP contribution >= 0.6 is 15.9 Å². The highest BCUT2D eigenvalue weighted by Gasteiger charge is 2.34. The first-order valence-corrected chi connectivity index (χ1v) is 13.0. The average molecular weight is 558 g/mol. The van der Waals surface area contributed by atoms with Crippen molar-refractivity contribution in [2.75, 3.05) is 28.6 Å². The Labute approximate surface area is 224 Å². The first kappa shape index (κ1) is 24.7. The number of nitrogens with one attached hydrogen (secondary N) is 2. The van der Waals surface area contributed by atoms with Crippen molar-refractivity contribution in [3.8, 4) is 11.4 Å². The van der Waals surface area contributed by atoms with E-state index in [1.165, 1.54) is 0 Å². The molecule has 1 aliphatic rings. The molecular weight excluding hydrogens is 530 g/mol. The lowest BCUT2D eigenvalue weighted by molar-refractivity contribution is -0.113. The van der Waals surface area contributed by atoms with Gasteiger partial charge < -0.3 is 15.5 Å². The SMILES string of the molecule is CCN(CC)c1ccc(-c2nc3n(n2)C(c2cccc(Br)c2)C(C(=O)Nc2cccnc2)=C(C)N3)cc1. The minimum atomic E-state index is -0.471. The van der Waals surface area contributed by atoms with Gasteiger partial charge in [-0.25, -0.2) is 4.68 Å². The van der Waals surface area contributed by atoms with Crippen LogP contribution in [-0.2, 0) is 4.79 Å².